The lowest BCUT2D eigenvalue weighted by Gasteiger charge is -2.37. The molecule has 2 rings (SSSR count). The van der Waals surface area contributed by atoms with Crippen LogP contribution in [-0.4, -0.2) is 28.5 Å². The molecule has 2 aromatic rings. The first-order valence-electron chi connectivity index (χ1n) is 9.92. The molecule has 0 unspecified atom stereocenters. The van der Waals surface area contributed by atoms with E-state index < -0.39 is 18.5 Å². The third-order valence-electron chi connectivity index (χ3n) is 4.52. The van der Waals surface area contributed by atoms with Gasteiger partial charge in [-0.05, 0) is 37.3 Å². The monoisotopic (exact) mass is 419 g/mol. The maximum absolute atomic E-state index is 13.7. The Balaban J connectivity index is 2.12. The topological polar surface area (TPSA) is 59.0 Å². The average Bonchev–Trinajstić information content (AvgIpc) is 2.65. The highest BCUT2D eigenvalue weighted by Gasteiger charge is 2.37. The molecule has 5 nitrogen and oxygen atoms in total. The van der Waals surface area contributed by atoms with Gasteiger partial charge in [0.15, 0.2) is 0 Å². The van der Waals surface area contributed by atoms with Crippen molar-refractivity contribution >= 4 is 7.60 Å². The van der Waals surface area contributed by atoms with Crippen molar-refractivity contribution in [1.29, 1.82) is 0 Å². The predicted molar refractivity (Wildman–Crippen MR) is 117 cm³/mol. The number of hydrogen-bond acceptors (Lipinski definition) is 5. The van der Waals surface area contributed by atoms with E-state index in [9.17, 15) is 9.77 Å². The maximum atomic E-state index is 13.7. The molecule has 0 amide bonds. The second kappa shape index (κ2) is 10.0. The maximum Gasteiger partial charge on any atom is 0.331 e. The van der Waals surface area contributed by atoms with Crippen molar-refractivity contribution in [3.8, 4) is 0 Å². The normalized spacial score (nSPS) is 13.1. The van der Waals surface area contributed by atoms with Crippen LogP contribution in [0, 0.1) is 5.41 Å². The molecule has 0 saturated carbocycles. The summed E-state index contributed by atoms with van der Waals surface area (Å²) in [6.45, 7) is 10.5. The van der Waals surface area contributed by atoms with Crippen molar-refractivity contribution in [3.05, 3.63) is 71.8 Å². The molecular formula is C23H34NO4P. The van der Waals surface area contributed by atoms with Crippen molar-refractivity contribution in [1.82, 2.24) is 5.06 Å². The van der Waals surface area contributed by atoms with Gasteiger partial charge < -0.3 is 14.3 Å². The van der Waals surface area contributed by atoms with Gasteiger partial charge in [0.2, 0.25) is 0 Å². The van der Waals surface area contributed by atoms with E-state index in [1.54, 1.807) is 0 Å². The lowest BCUT2D eigenvalue weighted by Crippen LogP contribution is -2.45. The average molecular weight is 420 g/mol. The van der Waals surface area contributed by atoms with E-state index in [0.29, 0.717) is 6.54 Å². The van der Waals surface area contributed by atoms with Crippen LogP contribution in [0.4, 0.5) is 0 Å². The van der Waals surface area contributed by atoms with Crippen molar-refractivity contribution in [2.45, 2.75) is 53.4 Å². The zero-order valence-electron chi connectivity index (χ0n) is 18.2. The third-order valence-corrected chi connectivity index (χ3v) is 6.80. The second-order valence-electron chi connectivity index (χ2n) is 9.18. The minimum atomic E-state index is -3.42. The van der Waals surface area contributed by atoms with Crippen LogP contribution in [0.3, 0.4) is 0 Å². The standard InChI is InChI=1S/C23H34NO4P/c1-22(2,3)24(25)18-23(4,5)19-29(26,27-16-20-12-8-6-9-13-20)28-17-21-14-10-7-11-15-21/h6-15,25H,16-19H2,1-5H3. The van der Waals surface area contributed by atoms with Crippen LogP contribution in [0.2, 0.25) is 0 Å². The van der Waals surface area contributed by atoms with Crippen molar-refractivity contribution in [2.24, 2.45) is 5.41 Å². The molecule has 0 bridgehead atoms. The van der Waals surface area contributed by atoms with E-state index in [2.05, 4.69) is 0 Å². The fourth-order valence-corrected chi connectivity index (χ4v) is 4.94. The van der Waals surface area contributed by atoms with Crippen LogP contribution in [0.5, 0.6) is 0 Å². The molecule has 160 valence electrons. The minimum Gasteiger partial charge on any atom is -0.313 e. The third kappa shape index (κ3) is 8.41. The van der Waals surface area contributed by atoms with Gasteiger partial charge in [0.05, 0.1) is 19.4 Å². The summed E-state index contributed by atoms with van der Waals surface area (Å²) in [6, 6.07) is 19.3. The van der Waals surface area contributed by atoms with Crippen LogP contribution < -0.4 is 0 Å². The summed E-state index contributed by atoms with van der Waals surface area (Å²) in [7, 11) is -3.42. The Hall–Kier alpha value is -1.49. The fourth-order valence-electron chi connectivity index (χ4n) is 2.84. The molecule has 0 aromatic heterocycles. The van der Waals surface area contributed by atoms with Gasteiger partial charge in [-0.1, -0.05) is 74.5 Å². The van der Waals surface area contributed by atoms with Gasteiger partial charge in [-0.15, -0.1) is 0 Å². The van der Waals surface area contributed by atoms with Crippen molar-refractivity contribution < 1.29 is 18.8 Å². The number of rotatable bonds is 10. The van der Waals surface area contributed by atoms with Crippen LogP contribution in [0.15, 0.2) is 60.7 Å². The Morgan fingerprint density at radius 1 is 0.828 bits per heavy atom. The molecular weight excluding hydrogens is 385 g/mol. The van der Waals surface area contributed by atoms with Gasteiger partial charge in [0.1, 0.15) is 0 Å². The van der Waals surface area contributed by atoms with Crippen LogP contribution >= 0.6 is 7.60 Å². The molecule has 2 aromatic carbocycles. The Kier molecular flexibility index (Phi) is 8.21. The molecule has 0 heterocycles. The predicted octanol–water partition coefficient (Wildman–Crippen LogP) is 6.13. The summed E-state index contributed by atoms with van der Waals surface area (Å²) in [4.78, 5) is 0. The number of hydrogen-bond donors (Lipinski definition) is 1. The van der Waals surface area contributed by atoms with Crippen LogP contribution in [0.25, 0.3) is 0 Å². The first-order valence-corrected chi connectivity index (χ1v) is 11.6. The van der Waals surface area contributed by atoms with Gasteiger partial charge in [-0.3, -0.25) is 4.57 Å². The zero-order chi connectivity index (χ0) is 21.5. The molecule has 0 radical (unpaired) electrons. The van der Waals surface area contributed by atoms with Crippen molar-refractivity contribution in [3.63, 3.8) is 0 Å². The highest BCUT2D eigenvalue weighted by Crippen LogP contribution is 2.54. The smallest absolute Gasteiger partial charge is 0.313 e. The Morgan fingerprint density at radius 2 is 1.24 bits per heavy atom. The quantitative estimate of drug-likeness (QED) is 0.371. The van der Waals surface area contributed by atoms with Gasteiger partial charge in [0.25, 0.3) is 0 Å². The molecule has 6 heteroatoms. The molecule has 29 heavy (non-hydrogen) atoms. The lowest BCUT2D eigenvalue weighted by atomic mass is 9.94. The van der Waals surface area contributed by atoms with Crippen LogP contribution in [0.1, 0.15) is 45.7 Å². The molecule has 0 aliphatic rings. The molecule has 0 spiro atoms. The summed E-state index contributed by atoms with van der Waals surface area (Å²) in [5.41, 5.74) is 0.988. The zero-order valence-corrected chi connectivity index (χ0v) is 19.1. The fraction of sp³-hybridized carbons (Fsp3) is 0.478. The van der Waals surface area contributed by atoms with E-state index in [1.165, 1.54) is 5.06 Å². The summed E-state index contributed by atoms with van der Waals surface area (Å²) >= 11 is 0. The molecule has 0 fully saturated rings. The molecule has 0 aliphatic carbocycles. The highest BCUT2D eigenvalue weighted by atomic mass is 31.2. The Bertz CT molecular complexity index is 740. The number of benzene rings is 2. The van der Waals surface area contributed by atoms with E-state index in [0.717, 1.165) is 11.1 Å². The number of hydroxylamine groups is 2. The summed E-state index contributed by atoms with van der Waals surface area (Å²) < 4.78 is 25.4. The summed E-state index contributed by atoms with van der Waals surface area (Å²) in [6.07, 6.45) is 0.201. The first kappa shape index (κ1) is 23.8. The van der Waals surface area contributed by atoms with E-state index >= 15 is 0 Å². The van der Waals surface area contributed by atoms with Crippen molar-refractivity contribution in [2.75, 3.05) is 12.7 Å². The van der Waals surface area contributed by atoms with Gasteiger partial charge in [-0.25, -0.2) is 0 Å². The first-order chi connectivity index (χ1) is 13.5. The van der Waals surface area contributed by atoms with Gasteiger partial charge >= 0.3 is 7.60 Å². The van der Waals surface area contributed by atoms with Gasteiger partial charge in [-0.2, -0.15) is 5.06 Å². The summed E-state index contributed by atoms with van der Waals surface area (Å²) in [5.74, 6) is 0. The van der Waals surface area contributed by atoms with E-state index in [-0.39, 0.29) is 19.4 Å². The molecule has 0 atom stereocenters. The Labute approximate surface area is 175 Å². The SMILES string of the molecule is CC(C)(CN(O)C(C)(C)C)CP(=O)(OCc1ccccc1)OCc1ccccc1. The number of nitrogens with zero attached hydrogens (tertiary/aromatic N) is 1. The van der Waals surface area contributed by atoms with E-state index in [1.807, 2.05) is 95.3 Å². The highest BCUT2D eigenvalue weighted by molar-refractivity contribution is 7.53. The van der Waals surface area contributed by atoms with Crippen LogP contribution in [-0.2, 0) is 26.8 Å². The second-order valence-corrected chi connectivity index (χ2v) is 11.2. The summed E-state index contributed by atoms with van der Waals surface area (Å²) in [5, 5.41) is 11.7. The van der Waals surface area contributed by atoms with Gasteiger partial charge in [0, 0.05) is 12.1 Å². The largest absolute Gasteiger partial charge is 0.331 e. The lowest BCUT2D eigenvalue weighted by molar-refractivity contribution is -0.171. The molecule has 0 aliphatic heterocycles. The molecule has 1 N–H and O–H groups in total. The molecule has 0 saturated heterocycles. The Morgan fingerprint density at radius 3 is 1.62 bits per heavy atom. The minimum absolute atomic E-state index is 0.201. The van der Waals surface area contributed by atoms with E-state index in [4.69, 9.17) is 9.05 Å².